The highest BCUT2D eigenvalue weighted by molar-refractivity contribution is 7.19. The lowest BCUT2D eigenvalue weighted by Gasteiger charge is -2.43. The maximum atomic E-state index is 5.06. The first-order valence-corrected chi connectivity index (χ1v) is 22.8. The lowest BCUT2D eigenvalue weighted by Crippen LogP contribution is -2.74. The van der Waals surface area contributed by atoms with Gasteiger partial charge in [-0.15, -0.1) is 0 Å². The molecular formula is C56H43N3Si. The number of anilines is 3. The van der Waals surface area contributed by atoms with Crippen LogP contribution in [0.25, 0.3) is 11.4 Å². The molecule has 4 heteroatoms. The number of aromatic nitrogens is 2. The van der Waals surface area contributed by atoms with Crippen LogP contribution in [-0.4, -0.2) is 18.0 Å². The smallest absolute Gasteiger partial charge is 0.179 e. The summed E-state index contributed by atoms with van der Waals surface area (Å²) < 4.78 is 0. The van der Waals surface area contributed by atoms with E-state index in [1.165, 1.54) is 54.4 Å². The van der Waals surface area contributed by atoms with Gasteiger partial charge in [-0.05, 0) is 90.5 Å². The van der Waals surface area contributed by atoms with Crippen molar-refractivity contribution in [1.29, 1.82) is 0 Å². The molecule has 2 aromatic heterocycles. The maximum Gasteiger partial charge on any atom is 0.179 e. The number of pyridine rings is 2. The van der Waals surface area contributed by atoms with Gasteiger partial charge in [-0.3, -0.25) is 9.97 Å². The SMILES string of the molecule is CC1(C)c2ccccc2N(c2ccccc2)c2ccc(C3(c4ccc([Si](c5ccccc5)(c5ccccc5)c5ccccc5)cc4)c4cccnc4-c4ncccc43)cc21. The molecule has 11 rings (SSSR count). The van der Waals surface area contributed by atoms with E-state index < -0.39 is 13.5 Å². The van der Waals surface area contributed by atoms with E-state index in [1.807, 2.05) is 12.4 Å². The molecule has 1 aliphatic heterocycles. The summed E-state index contributed by atoms with van der Waals surface area (Å²) >= 11 is 0. The van der Waals surface area contributed by atoms with Crippen LogP contribution in [0.15, 0.2) is 225 Å². The average molecular weight is 786 g/mol. The topological polar surface area (TPSA) is 29.0 Å². The molecule has 0 N–H and O–H groups in total. The molecule has 0 radical (unpaired) electrons. The summed E-state index contributed by atoms with van der Waals surface area (Å²) in [7, 11) is -2.75. The van der Waals surface area contributed by atoms with Crippen LogP contribution < -0.4 is 25.6 Å². The van der Waals surface area contributed by atoms with Crippen LogP contribution in [0, 0.1) is 0 Å². The van der Waals surface area contributed by atoms with Crippen molar-refractivity contribution in [3.05, 3.63) is 258 Å². The van der Waals surface area contributed by atoms with Crippen LogP contribution in [0.4, 0.5) is 17.1 Å². The first-order chi connectivity index (χ1) is 29.5. The number of nitrogens with zero attached hydrogens (tertiary/aromatic N) is 3. The second-order valence-electron chi connectivity index (χ2n) is 16.5. The van der Waals surface area contributed by atoms with Crippen molar-refractivity contribution in [2.24, 2.45) is 0 Å². The summed E-state index contributed by atoms with van der Waals surface area (Å²) in [4.78, 5) is 12.5. The van der Waals surface area contributed by atoms with Gasteiger partial charge in [0.05, 0.1) is 28.2 Å². The lowest BCUT2D eigenvalue weighted by molar-refractivity contribution is 0.627. The molecule has 3 nitrogen and oxygen atoms in total. The first-order valence-electron chi connectivity index (χ1n) is 20.8. The molecule has 0 unspecified atom stereocenters. The Morgan fingerprint density at radius 2 is 0.817 bits per heavy atom. The molecule has 286 valence electrons. The van der Waals surface area contributed by atoms with Gasteiger partial charge in [0.15, 0.2) is 8.07 Å². The Labute approximate surface area is 353 Å². The summed E-state index contributed by atoms with van der Waals surface area (Å²) in [6.07, 6.45) is 3.81. The summed E-state index contributed by atoms with van der Waals surface area (Å²) in [5.41, 5.74) is 11.8. The molecule has 3 heterocycles. The molecule has 0 atom stereocenters. The Morgan fingerprint density at radius 1 is 0.383 bits per heavy atom. The molecular weight excluding hydrogens is 743 g/mol. The molecule has 9 aromatic rings. The molecule has 0 saturated carbocycles. The molecule has 0 spiro atoms. The minimum absolute atomic E-state index is 0.279. The van der Waals surface area contributed by atoms with Crippen LogP contribution in [0.3, 0.4) is 0 Å². The second-order valence-corrected chi connectivity index (χ2v) is 20.3. The van der Waals surface area contributed by atoms with E-state index in [9.17, 15) is 0 Å². The van der Waals surface area contributed by atoms with Crippen LogP contribution >= 0.6 is 0 Å². The predicted molar refractivity (Wildman–Crippen MR) is 250 cm³/mol. The number of hydrogen-bond donors (Lipinski definition) is 0. The third-order valence-corrected chi connectivity index (χ3v) is 18.0. The van der Waals surface area contributed by atoms with E-state index in [2.05, 4.69) is 231 Å². The van der Waals surface area contributed by atoms with E-state index in [4.69, 9.17) is 9.97 Å². The number of para-hydroxylation sites is 2. The van der Waals surface area contributed by atoms with E-state index in [0.717, 1.165) is 28.2 Å². The fourth-order valence-corrected chi connectivity index (χ4v) is 15.3. The maximum absolute atomic E-state index is 5.06. The van der Waals surface area contributed by atoms with Crippen LogP contribution in [-0.2, 0) is 10.8 Å². The zero-order chi connectivity index (χ0) is 40.3. The normalized spacial score (nSPS) is 14.4. The molecule has 0 fully saturated rings. The van der Waals surface area contributed by atoms with E-state index >= 15 is 0 Å². The standard InChI is InChI=1S/C56H43N3Si/c1-55(2)47-27-15-16-30-51(47)59(42-19-7-3-8-20-42)52-36-33-41(39-50(52)55)56(48-28-17-37-57-53(48)54-49(56)29-18-38-58-54)40-31-34-46(35-32-40)60(43-21-9-4-10-22-43,44-23-11-5-12-24-44)45-25-13-6-14-26-45/h3-39H,1-2H3. The average Bonchev–Trinajstić information content (AvgIpc) is 3.62. The molecule has 7 aromatic carbocycles. The Bertz CT molecular complexity index is 2860. The monoisotopic (exact) mass is 785 g/mol. The Balaban J connectivity index is 1.18. The minimum atomic E-state index is -2.75. The molecule has 0 saturated heterocycles. The molecule has 60 heavy (non-hydrogen) atoms. The van der Waals surface area contributed by atoms with Crippen LogP contribution in [0.2, 0.25) is 0 Å². The van der Waals surface area contributed by atoms with Gasteiger partial charge < -0.3 is 4.90 Å². The third kappa shape index (κ3) is 5.14. The van der Waals surface area contributed by atoms with Gasteiger partial charge in [-0.1, -0.05) is 190 Å². The summed E-state index contributed by atoms with van der Waals surface area (Å²) in [6.45, 7) is 4.75. The summed E-state index contributed by atoms with van der Waals surface area (Å²) in [6, 6.07) is 78.7. The van der Waals surface area contributed by atoms with E-state index in [-0.39, 0.29) is 5.41 Å². The van der Waals surface area contributed by atoms with Gasteiger partial charge in [0.25, 0.3) is 0 Å². The Morgan fingerprint density at radius 3 is 1.37 bits per heavy atom. The quantitative estimate of drug-likeness (QED) is 0.119. The fourth-order valence-electron chi connectivity index (χ4n) is 10.6. The lowest BCUT2D eigenvalue weighted by atomic mass is 9.65. The second kappa shape index (κ2) is 14.0. The zero-order valence-corrected chi connectivity index (χ0v) is 34.7. The number of benzene rings is 7. The first kappa shape index (κ1) is 36.0. The fraction of sp³-hybridized carbons (Fsp3) is 0.0714. The van der Waals surface area contributed by atoms with Crippen molar-refractivity contribution in [3.63, 3.8) is 0 Å². The van der Waals surface area contributed by atoms with Gasteiger partial charge in [-0.2, -0.15) is 0 Å². The van der Waals surface area contributed by atoms with Gasteiger partial charge in [-0.25, -0.2) is 0 Å². The van der Waals surface area contributed by atoms with Crippen molar-refractivity contribution < 1.29 is 0 Å². The highest BCUT2D eigenvalue weighted by Gasteiger charge is 2.50. The highest BCUT2D eigenvalue weighted by Crippen LogP contribution is 2.57. The van der Waals surface area contributed by atoms with Crippen molar-refractivity contribution >= 4 is 45.9 Å². The largest absolute Gasteiger partial charge is 0.310 e. The zero-order valence-electron chi connectivity index (χ0n) is 33.7. The predicted octanol–water partition coefficient (Wildman–Crippen LogP) is 10.3. The van der Waals surface area contributed by atoms with Crippen LogP contribution in [0.5, 0.6) is 0 Å². The van der Waals surface area contributed by atoms with Crippen molar-refractivity contribution in [2.75, 3.05) is 4.90 Å². The van der Waals surface area contributed by atoms with Crippen molar-refractivity contribution in [3.8, 4) is 11.4 Å². The summed E-state index contributed by atoms with van der Waals surface area (Å²) in [5.74, 6) is 0. The third-order valence-electron chi connectivity index (χ3n) is 13.2. The molecule has 0 bridgehead atoms. The number of rotatable bonds is 7. The van der Waals surface area contributed by atoms with Gasteiger partial charge in [0, 0.05) is 23.5 Å². The Kier molecular flexibility index (Phi) is 8.40. The van der Waals surface area contributed by atoms with Crippen molar-refractivity contribution in [1.82, 2.24) is 9.97 Å². The number of hydrogen-bond acceptors (Lipinski definition) is 3. The number of fused-ring (bicyclic) bond motifs is 5. The van der Waals surface area contributed by atoms with E-state index in [1.54, 1.807) is 0 Å². The van der Waals surface area contributed by atoms with Gasteiger partial charge in [0.1, 0.15) is 0 Å². The molecule has 2 aliphatic rings. The van der Waals surface area contributed by atoms with Gasteiger partial charge in [0.2, 0.25) is 0 Å². The Hall–Kier alpha value is -7.14. The summed E-state index contributed by atoms with van der Waals surface area (Å²) in [5, 5.41) is 5.41. The molecule has 1 aliphatic carbocycles. The van der Waals surface area contributed by atoms with Gasteiger partial charge >= 0.3 is 0 Å². The van der Waals surface area contributed by atoms with E-state index in [0.29, 0.717) is 0 Å². The molecule has 0 amide bonds. The van der Waals surface area contributed by atoms with Crippen molar-refractivity contribution in [2.45, 2.75) is 24.7 Å². The minimum Gasteiger partial charge on any atom is -0.310 e. The van der Waals surface area contributed by atoms with Crippen LogP contribution in [0.1, 0.15) is 47.2 Å². The highest BCUT2D eigenvalue weighted by atomic mass is 28.3.